The smallest absolute Gasteiger partial charge is 0.173 e. The zero-order chi connectivity index (χ0) is 27.0. The lowest BCUT2D eigenvalue weighted by Crippen LogP contribution is -2.46. The number of aromatic nitrogens is 2. The van der Waals surface area contributed by atoms with E-state index in [2.05, 4.69) is 16.7 Å². The van der Waals surface area contributed by atoms with Crippen LogP contribution < -0.4 is 25.8 Å². The van der Waals surface area contributed by atoms with Crippen LogP contribution in [0, 0.1) is 11.6 Å². The summed E-state index contributed by atoms with van der Waals surface area (Å²) >= 11 is 0. The van der Waals surface area contributed by atoms with Crippen molar-refractivity contribution in [3.63, 3.8) is 0 Å². The van der Waals surface area contributed by atoms with Crippen LogP contribution in [0.15, 0.2) is 42.6 Å². The molecule has 10 heteroatoms. The fourth-order valence-corrected chi connectivity index (χ4v) is 5.06. The van der Waals surface area contributed by atoms with Crippen molar-refractivity contribution in [2.45, 2.75) is 13.5 Å². The molecule has 200 valence electrons. The van der Waals surface area contributed by atoms with E-state index in [0.717, 1.165) is 49.5 Å². The first-order chi connectivity index (χ1) is 18.4. The summed E-state index contributed by atoms with van der Waals surface area (Å²) in [5.74, 6) is -1.70. The molecule has 0 bridgehead atoms. The molecule has 5 rings (SSSR count). The molecule has 38 heavy (non-hydrogen) atoms. The number of hydrogen-bond donors (Lipinski definition) is 2. The molecule has 1 aliphatic rings. The van der Waals surface area contributed by atoms with E-state index in [1.165, 1.54) is 20.3 Å². The maximum atomic E-state index is 15.0. The van der Waals surface area contributed by atoms with Gasteiger partial charge in [-0.15, -0.1) is 0 Å². The summed E-state index contributed by atoms with van der Waals surface area (Å²) < 4.78 is 41.9. The van der Waals surface area contributed by atoms with Gasteiger partial charge in [-0.3, -0.25) is 0 Å². The van der Waals surface area contributed by atoms with Gasteiger partial charge in [-0.1, -0.05) is 6.92 Å². The first kappa shape index (κ1) is 25.6. The number of rotatable bonds is 7. The zero-order valence-corrected chi connectivity index (χ0v) is 21.8. The van der Waals surface area contributed by atoms with E-state index in [1.54, 1.807) is 10.8 Å². The number of ether oxygens (including phenoxy) is 2. The summed E-state index contributed by atoms with van der Waals surface area (Å²) in [7, 11) is 2.66. The second kappa shape index (κ2) is 10.4. The van der Waals surface area contributed by atoms with Crippen molar-refractivity contribution < 1.29 is 18.3 Å². The number of methoxy groups -OCH3 is 2. The van der Waals surface area contributed by atoms with Crippen molar-refractivity contribution in [1.29, 1.82) is 0 Å². The molecule has 4 aromatic rings. The zero-order valence-electron chi connectivity index (χ0n) is 21.8. The molecule has 4 N–H and O–H groups in total. The van der Waals surface area contributed by atoms with Crippen molar-refractivity contribution >= 4 is 28.1 Å². The lowest BCUT2D eigenvalue weighted by atomic mass is 10.0. The van der Waals surface area contributed by atoms with Crippen LogP contribution in [0.1, 0.15) is 12.5 Å². The average molecular weight is 523 g/mol. The quantitative estimate of drug-likeness (QED) is 0.349. The van der Waals surface area contributed by atoms with Gasteiger partial charge in [0.25, 0.3) is 0 Å². The van der Waals surface area contributed by atoms with Gasteiger partial charge in [-0.25, -0.2) is 13.8 Å². The van der Waals surface area contributed by atoms with E-state index in [4.69, 9.17) is 25.9 Å². The molecular formula is C28H32F2N6O2. The number of anilines is 3. The van der Waals surface area contributed by atoms with Gasteiger partial charge in [0.05, 0.1) is 54.4 Å². The molecule has 0 spiro atoms. The number of likely N-dealkylation sites (N-methyl/N-ethyl adjacent to an activating group) is 1. The Morgan fingerprint density at radius 1 is 0.921 bits per heavy atom. The maximum absolute atomic E-state index is 15.0. The predicted octanol–water partition coefficient (Wildman–Crippen LogP) is 4.35. The van der Waals surface area contributed by atoms with Gasteiger partial charge in [0.1, 0.15) is 0 Å². The Morgan fingerprint density at radius 2 is 1.61 bits per heavy atom. The predicted molar refractivity (Wildman–Crippen MR) is 147 cm³/mol. The molecule has 0 unspecified atom stereocenters. The number of nitrogens with zero attached hydrogens (tertiary/aromatic N) is 4. The van der Waals surface area contributed by atoms with Crippen LogP contribution in [0.5, 0.6) is 11.5 Å². The molecule has 0 atom stereocenters. The largest absolute Gasteiger partial charge is 0.494 e. The Balaban J connectivity index is 1.53. The summed E-state index contributed by atoms with van der Waals surface area (Å²) in [6, 6.07) is 10.6. The summed E-state index contributed by atoms with van der Waals surface area (Å²) in [5, 5.41) is 0. The topological polar surface area (TPSA) is 94.8 Å². The van der Waals surface area contributed by atoms with E-state index >= 15 is 0 Å². The summed E-state index contributed by atoms with van der Waals surface area (Å²) in [6.45, 7) is 6.82. The van der Waals surface area contributed by atoms with Crippen molar-refractivity contribution in [2.24, 2.45) is 0 Å². The molecule has 0 saturated carbocycles. The van der Waals surface area contributed by atoms with Gasteiger partial charge in [0.15, 0.2) is 23.1 Å². The Kier molecular flexibility index (Phi) is 6.98. The standard InChI is InChI=1S/C28H32F2N6O2/c1-4-34-11-13-35(14-12-34)22-7-5-18(31)28(32)25(22)20-6-8-21-19(33-20)9-10-36(21)16-17-26(29)23(37-2)15-24(38-3)27(17)30/h5-10,15H,4,11-14,16,31-32H2,1-3H3. The highest BCUT2D eigenvalue weighted by Gasteiger charge is 2.23. The highest BCUT2D eigenvalue weighted by Crippen LogP contribution is 2.39. The minimum atomic E-state index is -0.766. The van der Waals surface area contributed by atoms with E-state index in [9.17, 15) is 8.78 Å². The molecule has 8 nitrogen and oxygen atoms in total. The number of halogens is 2. The van der Waals surface area contributed by atoms with Crippen molar-refractivity contribution in [3.05, 3.63) is 59.8 Å². The van der Waals surface area contributed by atoms with Gasteiger partial charge in [-0.2, -0.15) is 0 Å². The van der Waals surface area contributed by atoms with Gasteiger partial charge in [0, 0.05) is 49.7 Å². The van der Waals surface area contributed by atoms with E-state index in [-0.39, 0.29) is 23.6 Å². The normalized spacial score (nSPS) is 14.3. The van der Waals surface area contributed by atoms with E-state index in [1.807, 2.05) is 30.3 Å². The molecule has 0 aliphatic carbocycles. The number of pyridine rings is 1. The van der Waals surface area contributed by atoms with Gasteiger partial charge in [-0.05, 0) is 36.9 Å². The van der Waals surface area contributed by atoms with Crippen LogP contribution in [-0.2, 0) is 6.54 Å². The van der Waals surface area contributed by atoms with E-state index < -0.39 is 11.6 Å². The molecule has 0 radical (unpaired) electrons. The minimum Gasteiger partial charge on any atom is -0.494 e. The van der Waals surface area contributed by atoms with Crippen molar-refractivity contribution in [1.82, 2.24) is 14.5 Å². The molecule has 3 heterocycles. The van der Waals surface area contributed by atoms with Crippen LogP contribution in [0.25, 0.3) is 22.3 Å². The molecular weight excluding hydrogens is 490 g/mol. The SMILES string of the molecule is CCN1CCN(c2ccc(N)c(N)c2-c2ccc3c(ccn3Cc3c(F)c(OC)cc(OC)c3F)n2)CC1. The van der Waals surface area contributed by atoms with Crippen LogP contribution in [0.3, 0.4) is 0 Å². The van der Waals surface area contributed by atoms with Gasteiger partial charge in [0.2, 0.25) is 0 Å². The Hall–Kier alpha value is -4.05. The fourth-order valence-electron chi connectivity index (χ4n) is 5.06. The monoisotopic (exact) mass is 522 g/mol. The third kappa shape index (κ3) is 4.45. The second-order valence-electron chi connectivity index (χ2n) is 9.32. The number of hydrogen-bond acceptors (Lipinski definition) is 7. The lowest BCUT2D eigenvalue weighted by molar-refractivity contribution is 0.271. The number of fused-ring (bicyclic) bond motifs is 1. The van der Waals surface area contributed by atoms with Crippen LogP contribution >= 0.6 is 0 Å². The summed E-state index contributed by atoms with van der Waals surface area (Å²) in [4.78, 5) is 9.60. The summed E-state index contributed by atoms with van der Waals surface area (Å²) in [5.41, 5.74) is 17.4. The molecule has 1 fully saturated rings. The third-order valence-corrected chi connectivity index (χ3v) is 7.29. The number of nitrogens with two attached hydrogens (primary N) is 2. The van der Waals surface area contributed by atoms with Crippen LogP contribution in [0.2, 0.25) is 0 Å². The van der Waals surface area contributed by atoms with Crippen molar-refractivity contribution in [3.8, 4) is 22.8 Å². The van der Waals surface area contributed by atoms with E-state index in [0.29, 0.717) is 22.6 Å². The summed E-state index contributed by atoms with van der Waals surface area (Å²) in [6.07, 6.45) is 1.75. The lowest BCUT2D eigenvalue weighted by Gasteiger charge is -2.36. The second-order valence-corrected chi connectivity index (χ2v) is 9.32. The first-order valence-corrected chi connectivity index (χ1v) is 12.6. The van der Waals surface area contributed by atoms with Gasteiger partial charge >= 0.3 is 0 Å². The van der Waals surface area contributed by atoms with Crippen LogP contribution in [0.4, 0.5) is 25.8 Å². The molecule has 1 aliphatic heterocycles. The first-order valence-electron chi connectivity index (χ1n) is 12.6. The number of benzene rings is 2. The minimum absolute atomic E-state index is 0.0663. The highest BCUT2D eigenvalue weighted by molar-refractivity contribution is 5.94. The maximum Gasteiger partial charge on any atom is 0.173 e. The Labute approximate surface area is 220 Å². The Bertz CT molecular complexity index is 1450. The van der Waals surface area contributed by atoms with Crippen molar-refractivity contribution in [2.75, 3.05) is 63.3 Å². The number of nitrogen functional groups attached to an aromatic ring is 2. The molecule has 2 aromatic heterocycles. The average Bonchev–Trinajstić information content (AvgIpc) is 3.34. The third-order valence-electron chi connectivity index (χ3n) is 7.29. The number of piperazine rings is 1. The molecule has 2 aromatic carbocycles. The fraction of sp³-hybridized carbons (Fsp3) is 0.321. The molecule has 0 amide bonds. The van der Waals surface area contributed by atoms with Crippen LogP contribution in [-0.4, -0.2) is 61.4 Å². The van der Waals surface area contributed by atoms with Gasteiger partial charge < -0.3 is 35.3 Å². The Morgan fingerprint density at radius 3 is 2.24 bits per heavy atom. The molecule has 1 saturated heterocycles. The highest BCUT2D eigenvalue weighted by atomic mass is 19.1.